The Morgan fingerprint density at radius 1 is 1.35 bits per heavy atom. The Morgan fingerprint density at radius 2 is 2.18 bits per heavy atom. The van der Waals surface area contributed by atoms with Gasteiger partial charge in [0.2, 0.25) is 0 Å². The van der Waals surface area contributed by atoms with Gasteiger partial charge >= 0.3 is 0 Å². The second kappa shape index (κ2) is 5.05. The van der Waals surface area contributed by atoms with Gasteiger partial charge in [-0.25, -0.2) is 0 Å². The maximum atomic E-state index is 9.05. The van der Waals surface area contributed by atoms with Crippen LogP contribution < -0.4 is 0 Å². The van der Waals surface area contributed by atoms with Gasteiger partial charge in [0.15, 0.2) is 0 Å². The molecule has 0 saturated carbocycles. The van der Waals surface area contributed by atoms with Crippen LogP contribution in [0.3, 0.4) is 0 Å². The molecule has 17 heavy (non-hydrogen) atoms. The first-order valence-corrected chi connectivity index (χ1v) is 6.24. The number of nitriles is 1. The molecule has 0 fully saturated rings. The van der Waals surface area contributed by atoms with Crippen molar-refractivity contribution in [2.75, 3.05) is 0 Å². The first kappa shape index (κ1) is 11.7. The third kappa shape index (κ3) is 2.34. The summed E-state index contributed by atoms with van der Waals surface area (Å²) in [5.74, 6) is 0.682. The van der Waals surface area contributed by atoms with Crippen molar-refractivity contribution < 1.29 is 0 Å². The maximum absolute atomic E-state index is 9.05. The van der Waals surface area contributed by atoms with E-state index in [1.165, 1.54) is 18.4 Å². The van der Waals surface area contributed by atoms with Gasteiger partial charge < -0.3 is 4.57 Å². The monoisotopic (exact) mass is 226 g/mol. The van der Waals surface area contributed by atoms with E-state index >= 15 is 0 Å². The second-order valence-electron chi connectivity index (χ2n) is 4.71. The molecule has 0 aliphatic carbocycles. The summed E-state index contributed by atoms with van der Waals surface area (Å²) in [6.45, 7) is 5.54. The molecule has 0 aliphatic heterocycles. The highest BCUT2D eigenvalue weighted by molar-refractivity contribution is 5.85. The molecule has 0 bridgehead atoms. The zero-order valence-corrected chi connectivity index (χ0v) is 10.5. The fraction of sp³-hybridized carbons (Fsp3) is 0.400. The van der Waals surface area contributed by atoms with Crippen molar-refractivity contribution in [1.82, 2.24) is 4.57 Å². The molecule has 2 aromatic rings. The van der Waals surface area contributed by atoms with E-state index in [0.717, 1.165) is 17.5 Å². The zero-order chi connectivity index (χ0) is 12.3. The van der Waals surface area contributed by atoms with Crippen molar-refractivity contribution in [3.63, 3.8) is 0 Å². The van der Waals surface area contributed by atoms with Gasteiger partial charge in [0.25, 0.3) is 0 Å². The summed E-state index contributed by atoms with van der Waals surface area (Å²) < 4.78 is 2.26. The van der Waals surface area contributed by atoms with Crippen LogP contribution in [-0.2, 0) is 6.54 Å². The van der Waals surface area contributed by atoms with Crippen molar-refractivity contribution >= 4 is 10.9 Å². The van der Waals surface area contributed by atoms with Gasteiger partial charge in [-0.15, -0.1) is 0 Å². The van der Waals surface area contributed by atoms with Crippen molar-refractivity contribution in [1.29, 1.82) is 5.26 Å². The standard InChI is InChI=1S/C15H18N2/c1-3-5-12(2)11-17-9-8-14-13(10-16)6-4-7-15(14)17/h4,6-9,12H,3,5,11H2,1-2H3. The molecule has 0 N–H and O–H groups in total. The highest BCUT2D eigenvalue weighted by Gasteiger charge is 2.07. The number of aromatic nitrogens is 1. The SMILES string of the molecule is CCCC(C)Cn1ccc2c(C#N)cccc21. The van der Waals surface area contributed by atoms with Gasteiger partial charge in [-0.05, 0) is 30.5 Å². The molecule has 1 aromatic heterocycles. The summed E-state index contributed by atoms with van der Waals surface area (Å²) in [5.41, 5.74) is 1.94. The predicted molar refractivity (Wildman–Crippen MR) is 70.7 cm³/mol. The van der Waals surface area contributed by atoms with E-state index in [4.69, 9.17) is 5.26 Å². The van der Waals surface area contributed by atoms with Crippen LogP contribution in [0.5, 0.6) is 0 Å². The minimum Gasteiger partial charge on any atom is -0.347 e. The minimum absolute atomic E-state index is 0.682. The summed E-state index contributed by atoms with van der Waals surface area (Å²) in [5, 5.41) is 10.1. The van der Waals surface area contributed by atoms with Gasteiger partial charge in [-0.1, -0.05) is 26.3 Å². The molecule has 1 heterocycles. The fourth-order valence-electron chi connectivity index (χ4n) is 2.40. The number of fused-ring (bicyclic) bond motifs is 1. The minimum atomic E-state index is 0.682. The Balaban J connectivity index is 2.34. The van der Waals surface area contributed by atoms with Crippen LogP contribution in [0, 0.1) is 17.2 Å². The smallest absolute Gasteiger partial charge is 0.0998 e. The molecule has 0 aliphatic rings. The van der Waals surface area contributed by atoms with Crippen LogP contribution in [0.15, 0.2) is 30.5 Å². The van der Waals surface area contributed by atoms with E-state index in [0.29, 0.717) is 5.92 Å². The van der Waals surface area contributed by atoms with Crippen molar-refractivity contribution in [3.05, 3.63) is 36.0 Å². The Morgan fingerprint density at radius 3 is 2.88 bits per heavy atom. The summed E-state index contributed by atoms with van der Waals surface area (Å²) in [7, 11) is 0. The molecule has 88 valence electrons. The molecule has 1 atom stereocenters. The first-order valence-electron chi connectivity index (χ1n) is 6.24. The van der Waals surface area contributed by atoms with E-state index in [1.807, 2.05) is 18.2 Å². The van der Waals surface area contributed by atoms with Crippen molar-refractivity contribution in [2.24, 2.45) is 5.92 Å². The summed E-state index contributed by atoms with van der Waals surface area (Å²) in [6.07, 6.45) is 4.57. The lowest BCUT2D eigenvalue weighted by atomic mass is 10.1. The lowest BCUT2D eigenvalue weighted by molar-refractivity contribution is 0.453. The molecule has 1 aromatic carbocycles. The predicted octanol–water partition coefficient (Wildman–Crippen LogP) is 3.95. The zero-order valence-electron chi connectivity index (χ0n) is 10.5. The van der Waals surface area contributed by atoms with Gasteiger partial charge in [-0.2, -0.15) is 5.26 Å². The Labute approximate surface area is 102 Å². The molecule has 0 spiro atoms. The number of rotatable bonds is 4. The molecule has 0 amide bonds. The van der Waals surface area contributed by atoms with Crippen LogP contribution in [0.4, 0.5) is 0 Å². The molecular weight excluding hydrogens is 208 g/mol. The summed E-state index contributed by atoms with van der Waals surface area (Å²) in [4.78, 5) is 0. The van der Waals surface area contributed by atoms with E-state index in [9.17, 15) is 0 Å². The third-order valence-electron chi connectivity index (χ3n) is 3.22. The largest absolute Gasteiger partial charge is 0.347 e. The number of nitrogens with zero attached hydrogens (tertiary/aromatic N) is 2. The van der Waals surface area contributed by atoms with Crippen LogP contribution in [0.25, 0.3) is 10.9 Å². The van der Waals surface area contributed by atoms with Crippen LogP contribution in [0.1, 0.15) is 32.3 Å². The normalized spacial score (nSPS) is 12.5. The molecular formula is C15H18N2. The molecule has 0 radical (unpaired) electrons. The van der Waals surface area contributed by atoms with Crippen LogP contribution >= 0.6 is 0 Å². The molecule has 0 saturated heterocycles. The summed E-state index contributed by atoms with van der Waals surface area (Å²) in [6, 6.07) is 10.2. The quantitative estimate of drug-likeness (QED) is 0.776. The first-order chi connectivity index (χ1) is 8.26. The molecule has 1 unspecified atom stereocenters. The Kier molecular flexibility index (Phi) is 3.49. The van der Waals surface area contributed by atoms with Crippen molar-refractivity contribution in [3.8, 4) is 6.07 Å². The average molecular weight is 226 g/mol. The number of hydrogen-bond donors (Lipinski definition) is 0. The van der Waals surface area contributed by atoms with Gasteiger partial charge in [0, 0.05) is 23.6 Å². The van der Waals surface area contributed by atoms with E-state index in [1.54, 1.807) is 0 Å². The highest BCUT2D eigenvalue weighted by atomic mass is 15.0. The Bertz CT molecular complexity index is 546. The Hall–Kier alpha value is -1.75. The van der Waals surface area contributed by atoms with Crippen LogP contribution in [-0.4, -0.2) is 4.57 Å². The summed E-state index contributed by atoms with van der Waals surface area (Å²) >= 11 is 0. The lowest BCUT2D eigenvalue weighted by Gasteiger charge is -2.12. The fourth-order valence-corrected chi connectivity index (χ4v) is 2.40. The third-order valence-corrected chi connectivity index (χ3v) is 3.22. The molecule has 2 nitrogen and oxygen atoms in total. The molecule has 2 rings (SSSR count). The molecule has 2 heteroatoms. The van der Waals surface area contributed by atoms with E-state index < -0.39 is 0 Å². The average Bonchev–Trinajstić information content (AvgIpc) is 2.73. The van der Waals surface area contributed by atoms with Crippen molar-refractivity contribution in [2.45, 2.75) is 33.2 Å². The van der Waals surface area contributed by atoms with Gasteiger partial charge in [0.1, 0.15) is 0 Å². The lowest BCUT2D eigenvalue weighted by Crippen LogP contribution is -2.06. The van der Waals surface area contributed by atoms with E-state index in [2.05, 4.69) is 36.7 Å². The van der Waals surface area contributed by atoms with Crippen LogP contribution in [0.2, 0.25) is 0 Å². The second-order valence-corrected chi connectivity index (χ2v) is 4.71. The van der Waals surface area contributed by atoms with Gasteiger partial charge in [-0.3, -0.25) is 0 Å². The van der Waals surface area contributed by atoms with Gasteiger partial charge in [0.05, 0.1) is 11.6 Å². The highest BCUT2D eigenvalue weighted by Crippen LogP contribution is 2.21. The maximum Gasteiger partial charge on any atom is 0.0998 e. The van der Waals surface area contributed by atoms with E-state index in [-0.39, 0.29) is 0 Å². The number of hydrogen-bond acceptors (Lipinski definition) is 1. The topological polar surface area (TPSA) is 28.7 Å². The number of benzene rings is 1.